The average molecular weight is 332 g/mol. The van der Waals surface area contributed by atoms with Gasteiger partial charge in [-0.3, -0.25) is 9.59 Å². The quantitative estimate of drug-likeness (QED) is 0.321. The Kier molecular flexibility index (Phi) is 10.8. The third kappa shape index (κ3) is 8.85. The molecule has 0 aromatic heterocycles. The Bertz CT molecular complexity index is 476. The summed E-state index contributed by atoms with van der Waals surface area (Å²) in [4.78, 5) is 23.9. The molecule has 0 saturated carbocycles. The molecule has 0 aliphatic heterocycles. The summed E-state index contributed by atoms with van der Waals surface area (Å²) < 4.78 is 5.07. The van der Waals surface area contributed by atoms with E-state index in [2.05, 4.69) is 6.92 Å². The number of ketones is 2. The second-order valence-electron chi connectivity index (χ2n) is 6.42. The molecule has 0 amide bonds. The Morgan fingerprint density at radius 3 is 1.96 bits per heavy atom. The fourth-order valence-corrected chi connectivity index (χ4v) is 2.76. The van der Waals surface area contributed by atoms with E-state index in [0.717, 1.165) is 18.6 Å². The molecule has 0 spiro atoms. The van der Waals surface area contributed by atoms with Crippen LogP contribution < -0.4 is 4.74 Å². The first kappa shape index (κ1) is 20.4. The summed E-state index contributed by atoms with van der Waals surface area (Å²) in [5, 5.41) is 0. The van der Waals surface area contributed by atoms with Crippen molar-refractivity contribution < 1.29 is 14.3 Å². The van der Waals surface area contributed by atoms with E-state index in [-0.39, 0.29) is 11.6 Å². The average Bonchev–Trinajstić information content (AvgIpc) is 2.62. The number of hydrogen-bond acceptors (Lipinski definition) is 3. The molecule has 0 aliphatic rings. The number of benzene rings is 1. The molecule has 0 N–H and O–H groups in total. The lowest BCUT2D eigenvalue weighted by atomic mass is 10.0. The van der Waals surface area contributed by atoms with Crippen molar-refractivity contribution in [1.82, 2.24) is 0 Å². The highest BCUT2D eigenvalue weighted by molar-refractivity contribution is 5.98. The van der Waals surface area contributed by atoms with Crippen LogP contribution in [0.1, 0.15) is 87.9 Å². The maximum atomic E-state index is 12.1. The summed E-state index contributed by atoms with van der Waals surface area (Å²) >= 11 is 0. The molecule has 0 aliphatic carbocycles. The monoisotopic (exact) mass is 332 g/mol. The summed E-state index contributed by atoms with van der Waals surface area (Å²) in [6.45, 7) is 2.23. The minimum atomic E-state index is 0.0296. The molecule has 24 heavy (non-hydrogen) atoms. The number of methoxy groups -OCH3 is 1. The molecule has 0 atom stereocenters. The predicted octanol–water partition coefficient (Wildman–Crippen LogP) is 5.76. The Hall–Kier alpha value is -1.64. The number of Topliss-reactive ketones (excluding diaryl/α,β-unsaturated/α-hetero) is 2. The van der Waals surface area contributed by atoms with Crippen LogP contribution in [-0.4, -0.2) is 18.7 Å². The Morgan fingerprint density at radius 2 is 1.38 bits per heavy atom. The molecule has 134 valence electrons. The van der Waals surface area contributed by atoms with Gasteiger partial charge in [-0.05, 0) is 30.7 Å². The van der Waals surface area contributed by atoms with E-state index in [9.17, 15) is 9.59 Å². The fraction of sp³-hybridized carbons (Fsp3) is 0.619. The molecule has 0 fully saturated rings. The first-order chi connectivity index (χ1) is 11.7. The van der Waals surface area contributed by atoms with E-state index in [4.69, 9.17) is 4.74 Å². The SMILES string of the molecule is CCCCCCCCCCC(=O)CCC(=O)c1ccc(OC)cc1. The van der Waals surface area contributed by atoms with Crippen LogP contribution in [-0.2, 0) is 4.79 Å². The van der Waals surface area contributed by atoms with E-state index < -0.39 is 0 Å². The van der Waals surface area contributed by atoms with E-state index in [1.54, 1.807) is 31.4 Å². The number of unbranched alkanes of at least 4 members (excludes halogenated alkanes) is 7. The van der Waals surface area contributed by atoms with Gasteiger partial charge in [0.1, 0.15) is 11.5 Å². The Labute approximate surface area is 146 Å². The van der Waals surface area contributed by atoms with Crippen molar-refractivity contribution in [3.05, 3.63) is 29.8 Å². The van der Waals surface area contributed by atoms with Crippen LogP contribution in [0.4, 0.5) is 0 Å². The summed E-state index contributed by atoms with van der Waals surface area (Å²) in [7, 11) is 1.60. The van der Waals surface area contributed by atoms with Gasteiger partial charge in [-0.25, -0.2) is 0 Å². The summed E-state index contributed by atoms with van der Waals surface area (Å²) in [5.41, 5.74) is 0.649. The lowest BCUT2D eigenvalue weighted by Gasteiger charge is -2.04. The summed E-state index contributed by atoms with van der Waals surface area (Å²) in [6.07, 6.45) is 11.2. The van der Waals surface area contributed by atoms with E-state index >= 15 is 0 Å². The van der Waals surface area contributed by atoms with E-state index in [1.807, 2.05) is 0 Å². The molecule has 1 aromatic rings. The van der Waals surface area contributed by atoms with Crippen LogP contribution >= 0.6 is 0 Å². The fourth-order valence-electron chi connectivity index (χ4n) is 2.76. The van der Waals surface area contributed by atoms with Crippen LogP contribution in [0, 0.1) is 0 Å². The van der Waals surface area contributed by atoms with Gasteiger partial charge in [-0.1, -0.05) is 51.9 Å². The molecule has 0 saturated heterocycles. The molecular formula is C21H32O3. The third-order valence-electron chi connectivity index (χ3n) is 4.35. The van der Waals surface area contributed by atoms with Gasteiger partial charge in [-0.15, -0.1) is 0 Å². The van der Waals surface area contributed by atoms with Crippen LogP contribution in [0.3, 0.4) is 0 Å². The van der Waals surface area contributed by atoms with Crippen LogP contribution in [0.5, 0.6) is 5.75 Å². The number of hydrogen-bond donors (Lipinski definition) is 0. The third-order valence-corrected chi connectivity index (χ3v) is 4.35. The summed E-state index contributed by atoms with van der Waals surface area (Å²) in [5.74, 6) is 0.974. The van der Waals surface area contributed by atoms with Gasteiger partial charge in [0.25, 0.3) is 0 Å². The van der Waals surface area contributed by atoms with Crippen LogP contribution in [0.15, 0.2) is 24.3 Å². The topological polar surface area (TPSA) is 43.4 Å². The zero-order valence-electron chi connectivity index (χ0n) is 15.3. The predicted molar refractivity (Wildman–Crippen MR) is 98.8 cm³/mol. The molecule has 0 heterocycles. The molecule has 1 rings (SSSR count). The Balaban J connectivity index is 2.09. The highest BCUT2D eigenvalue weighted by Gasteiger charge is 2.09. The number of rotatable bonds is 14. The normalized spacial score (nSPS) is 10.6. The molecule has 0 unspecified atom stereocenters. The standard InChI is InChI=1S/C21H32O3/c1-3-4-5-6-7-8-9-10-11-19(22)14-17-21(23)18-12-15-20(24-2)16-13-18/h12-13,15-16H,3-11,14,17H2,1-2H3. The molecular weight excluding hydrogens is 300 g/mol. The number of carbonyl (C=O) groups excluding carboxylic acids is 2. The smallest absolute Gasteiger partial charge is 0.163 e. The largest absolute Gasteiger partial charge is 0.497 e. The lowest BCUT2D eigenvalue weighted by Crippen LogP contribution is -2.04. The first-order valence-electron chi connectivity index (χ1n) is 9.36. The first-order valence-corrected chi connectivity index (χ1v) is 9.36. The van der Waals surface area contributed by atoms with Gasteiger partial charge >= 0.3 is 0 Å². The van der Waals surface area contributed by atoms with E-state index in [1.165, 1.54) is 38.5 Å². The molecule has 0 bridgehead atoms. The van der Waals surface area contributed by atoms with Crippen molar-refractivity contribution in [2.24, 2.45) is 0 Å². The second-order valence-corrected chi connectivity index (χ2v) is 6.42. The molecule has 3 nitrogen and oxygen atoms in total. The maximum Gasteiger partial charge on any atom is 0.163 e. The van der Waals surface area contributed by atoms with Crippen molar-refractivity contribution in [2.45, 2.75) is 77.6 Å². The van der Waals surface area contributed by atoms with Crippen molar-refractivity contribution in [3.8, 4) is 5.75 Å². The highest BCUT2D eigenvalue weighted by Crippen LogP contribution is 2.14. The molecule has 1 aromatic carbocycles. The van der Waals surface area contributed by atoms with Crippen molar-refractivity contribution >= 4 is 11.6 Å². The minimum Gasteiger partial charge on any atom is -0.497 e. The van der Waals surface area contributed by atoms with Gasteiger partial charge in [-0.2, -0.15) is 0 Å². The number of carbonyl (C=O) groups is 2. The number of ether oxygens (including phenoxy) is 1. The zero-order valence-corrected chi connectivity index (χ0v) is 15.3. The van der Waals surface area contributed by atoms with Gasteiger partial charge in [0.15, 0.2) is 5.78 Å². The van der Waals surface area contributed by atoms with Gasteiger partial charge in [0.2, 0.25) is 0 Å². The van der Waals surface area contributed by atoms with Gasteiger partial charge in [0.05, 0.1) is 7.11 Å². The second kappa shape index (κ2) is 12.7. The zero-order chi connectivity index (χ0) is 17.6. The summed E-state index contributed by atoms with van der Waals surface area (Å²) in [6, 6.07) is 7.06. The van der Waals surface area contributed by atoms with Crippen LogP contribution in [0.2, 0.25) is 0 Å². The van der Waals surface area contributed by atoms with E-state index in [0.29, 0.717) is 24.8 Å². The Morgan fingerprint density at radius 1 is 0.792 bits per heavy atom. The lowest BCUT2D eigenvalue weighted by molar-refractivity contribution is -0.119. The van der Waals surface area contributed by atoms with Crippen molar-refractivity contribution in [3.63, 3.8) is 0 Å². The van der Waals surface area contributed by atoms with Crippen molar-refractivity contribution in [1.29, 1.82) is 0 Å². The molecule has 3 heteroatoms. The molecule has 0 radical (unpaired) electrons. The van der Waals surface area contributed by atoms with Crippen LogP contribution in [0.25, 0.3) is 0 Å². The van der Waals surface area contributed by atoms with Gasteiger partial charge in [0, 0.05) is 24.8 Å². The van der Waals surface area contributed by atoms with Gasteiger partial charge < -0.3 is 4.74 Å². The minimum absolute atomic E-state index is 0.0296. The highest BCUT2D eigenvalue weighted by atomic mass is 16.5. The van der Waals surface area contributed by atoms with Crippen molar-refractivity contribution in [2.75, 3.05) is 7.11 Å². The maximum absolute atomic E-state index is 12.1.